The molecule has 0 aromatic heterocycles. The molecule has 1 aliphatic rings. The smallest absolute Gasteiger partial charge is 0.254 e. The van der Waals surface area contributed by atoms with Gasteiger partial charge in [-0.1, -0.05) is 6.92 Å². The Morgan fingerprint density at radius 2 is 2.22 bits per heavy atom. The van der Waals surface area contributed by atoms with E-state index < -0.39 is 5.82 Å². The van der Waals surface area contributed by atoms with Gasteiger partial charge < -0.3 is 10.6 Å². The van der Waals surface area contributed by atoms with Crippen LogP contribution in [0.15, 0.2) is 18.2 Å². The number of hydrogen-bond donors (Lipinski definition) is 1. The van der Waals surface area contributed by atoms with Gasteiger partial charge in [0.2, 0.25) is 0 Å². The molecule has 18 heavy (non-hydrogen) atoms. The van der Waals surface area contributed by atoms with Crippen molar-refractivity contribution in [3.63, 3.8) is 0 Å². The minimum absolute atomic E-state index is 0.0212. The number of halogens is 1. The van der Waals surface area contributed by atoms with Gasteiger partial charge >= 0.3 is 0 Å². The predicted octanol–water partition coefficient (Wildman–Crippen LogP) is 2.37. The van der Waals surface area contributed by atoms with Crippen molar-refractivity contribution < 1.29 is 9.18 Å². The number of nitrogen functional groups attached to an aromatic ring is 1. The van der Waals surface area contributed by atoms with E-state index in [9.17, 15) is 9.18 Å². The molecule has 1 aromatic rings. The van der Waals surface area contributed by atoms with Gasteiger partial charge in [0.1, 0.15) is 5.82 Å². The van der Waals surface area contributed by atoms with Crippen LogP contribution in [0.1, 0.15) is 24.2 Å². The molecular formula is C13H17FN2OS. The lowest BCUT2D eigenvalue weighted by Gasteiger charge is -2.37. The summed E-state index contributed by atoms with van der Waals surface area (Å²) < 4.78 is 13.1. The van der Waals surface area contributed by atoms with Gasteiger partial charge in [0.05, 0.1) is 5.69 Å². The van der Waals surface area contributed by atoms with E-state index in [1.165, 1.54) is 18.2 Å². The Bertz CT molecular complexity index is 466. The number of carbonyl (C=O) groups excluding carboxylic acids is 1. The second kappa shape index (κ2) is 5.18. The second-order valence-electron chi connectivity index (χ2n) is 4.55. The molecule has 2 unspecified atom stereocenters. The Morgan fingerprint density at radius 3 is 2.89 bits per heavy atom. The summed E-state index contributed by atoms with van der Waals surface area (Å²) in [6, 6.07) is 4.34. The zero-order valence-corrected chi connectivity index (χ0v) is 11.3. The van der Waals surface area contributed by atoms with E-state index in [1.807, 2.05) is 23.6 Å². The maximum Gasteiger partial charge on any atom is 0.254 e. The number of rotatable bonds is 1. The normalized spacial score (nSPS) is 24.1. The lowest BCUT2D eigenvalue weighted by atomic mass is 10.1. The number of anilines is 1. The average Bonchev–Trinajstić information content (AvgIpc) is 2.35. The van der Waals surface area contributed by atoms with Crippen LogP contribution in [-0.2, 0) is 0 Å². The van der Waals surface area contributed by atoms with Crippen LogP contribution in [0.25, 0.3) is 0 Å². The maximum atomic E-state index is 13.1. The number of amides is 1. The summed E-state index contributed by atoms with van der Waals surface area (Å²) in [4.78, 5) is 14.2. The highest BCUT2D eigenvalue weighted by molar-refractivity contribution is 8.00. The Morgan fingerprint density at radius 1 is 1.50 bits per heavy atom. The zero-order chi connectivity index (χ0) is 13.3. The van der Waals surface area contributed by atoms with Gasteiger partial charge in [-0.2, -0.15) is 11.8 Å². The Kier molecular flexibility index (Phi) is 3.80. The largest absolute Gasteiger partial charge is 0.396 e. The van der Waals surface area contributed by atoms with E-state index in [2.05, 4.69) is 6.92 Å². The quantitative estimate of drug-likeness (QED) is 0.795. The number of benzene rings is 1. The summed E-state index contributed by atoms with van der Waals surface area (Å²) >= 11 is 1.87. The summed E-state index contributed by atoms with van der Waals surface area (Å²) in [7, 11) is 0. The molecule has 0 aliphatic carbocycles. The van der Waals surface area contributed by atoms with Crippen LogP contribution in [-0.4, -0.2) is 34.4 Å². The average molecular weight is 268 g/mol. The first-order chi connectivity index (χ1) is 8.50. The summed E-state index contributed by atoms with van der Waals surface area (Å²) in [6.07, 6.45) is 0. The van der Waals surface area contributed by atoms with Crippen LogP contribution in [0.2, 0.25) is 0 Å². The number of nitrogens with two attached hydrogens (primary N) is 1. The first-order valence-corrected chi connectivity index (χ1v) is 7.03. The molecule has 0 saturated carbocycles. The second-order valence-corrected chi connectivity index (χ2v) is 6.04. The van der Waals surface area contributed by atoms with Crippen molar-refractivity contribution >= 4 is 23.4 Å². The van der Waals surface area contributed by atoms with Gasteiger partial charge in [-0.15, -0.1) is 0 Å². The van der Waals surface area contributed by atoms with Crippen LogP contribution in [0, 0.1) is 5.82 Å². The highest BCUT2D eigenvalue weighted by Crippen LogP contribution is 2.26. The summed E-state index contributed by atoms with van der Waals surface area (Å²) in [5, 5.41) is 0.417. The van der Waals surface area contributed by atoms with E-state index >= 15 is 0 Å². The fourth-order valence-electron chi connectivity index (χ4n) is 2.06. The van der Waals surface area contributed by atoms with Crippen molar-refractivity contribution in [1.82, 2.24) is 4.90 Å². The highest BCUT2D eigenvalue weighted by atomic mass is 32.2. The van der Waals surface area contributed by atoms with Crippen LogP contribution >= 0.6 is 11.8 Å². The van der Waals surface area contributed by atoms with Gasteiger partial charge in [-0.25, -0.2) is 4.39 Å². The number of carbonyl (C=O) groups is 1. The van der Waals surface area contributed by atoms with Crippen molar-refractivity contribution in [1.29, 1.82) is 0 Å². The van der Waals surface area contributed by atoms with Gasteiger partial charge in [0, 0.05) is 29.2 Å². The summed E-state index contributed by atoms with van der Waals surface area (Å²) in [5.41, 5.74) is 5.98. The third kappa shape index (κ3) is 2.46. The molecule has 3 nitrogen and oxygen atoms in total. The molecule has 1 aliphatic heterocycles. The standard InChI is InChI=1S/C13H17FN2OS/c1-8-9(2)18-6-5-16(8)13(17)10-3-4-11(14)12(15)7-10/h3-4,7-9H,5-6,15H2,1-2H3. The molecular weight excluding hydrogens is 251 g/mol. The molecule has 2 atom stereocenters. The molecule has 1 heterocycles. The van der Waals surface area contributed by atoms with Crippen molar-refractivity contribution in [2.24, 2.45) is 0 Å². The van der Waals surface area contributed by atoms with Crippen LogP contribution < -0.4 is 5.73 Å². The summed E-state index contributed by atoms with van der Waals surface area (Å²) in [5.74, 6) is 0.386. The molecule has 0 spiro atoms. The molecule has 1 amide bonds. The summed E-state index contributed by atoms with van der Waals surface area (Å²) in [6.45, 7) is 4.89. The predicted molar refractivity (Wildman–Crippen MR) is 73.2 cm³/mol. The van der Waals surface area contributed by atoms with E-state index in [4.69, 9.17) is 5.73 Å². The van der Waals surface area contributed by atoms with Crippen molar-refractivity contribution in [3.8, 4) is 0 Å². The zero-order valence-electron chi connectivity index (χ0n) is 10.5. The van der Waals surface area contributed by atoms with E-state index in [1.54, 1.807) is 0 Å². The lowest BCUT2D eigenvalue weighted by Crippen LogP contribution is -2.47. The highest BCUT2D eigenvalue weighted by Gasteiger charge is 2.29. The number of nitrogens with zero attached hydrogens (tertiary/aromatic N) is 1. The van der Waals surface area contributed by atoms with Crippen LogP contribution in [0.3, 0.4) is 0 Å². The van der Waals surface area contributed by atoms with E-state index in [-0.39, 0.29) is 17.6 Å². The molecule has 0 radical (unpaired) electrons. The van der Waals surface area contributed by atoms with Crippen molar-refractivity contribution in [2.45, 2.75) is 25.1 Å². The van der Waals surface area contributed by atoms with Crippen LogP contribution in [0.4, 0.5) is 10.1 Å². The van der Waals surface area contributed by atoms with E-state index in [0.29, 0.717) is 10.8 Å². The SMILES string of the molecule is CC1SCCN(C(=O)c2ccc(F)c(N)c2)C1C. The topological polar surface area (TPSA) is 46.3 Å². The first kappa shape index (κ1) is 13.2. The fourth-order valence-corrected chi connectivity index (χ4v) is 3.16. The monoisotopic (exact) mass is 268 g/mol. The van der Waals surface area contributed by atoms with Crippen molar-refractivity contribution in [2.75, 3.05) is 18.0 Å². The molecule has 5 heteroatoms. The Labute approximate surface area is 111 Å². The molecule has 2 N–H and O–H groups in total. The van der Waals surface area contributed by atoms with Gasteiger partial charge in [-0.3, -0.25) is 4.79 Å². The molecule has 1 fully saturated rings. The van der Waals surface area contributed by atoms with Crippen LogP contribution in [0.5, 0.6) is 0 Å². The molecule has 1 aromatic carbocycles. The van der Waals surface area contributed by atoms with Gasteiger partial charge in [-0.05, 0) is 25.1 Å². The maximum absolute atomic E-state index is 13.1. The third-order valence-corrected chi connectivity index (χ3v) is 4.73. The number of thioether (sulfide) groups is 1. The molecule has 0 bridgehead atoms. The third-order valence-electron chi connectivity index (χ3n) is 3.39. The molecule has 2 rings (SSSR count). The lowest BCUT2D eigenvalue weighted by molar-refractivity contribution is 0.0698. The van der Waals surface area contributed by atoms with Gasteiger partial charge in [0.15, 0.2) is 0 Å². The minimum Gasteiger partial charge on any atom is -0.396 e. The minimum atomic E-state index is -0.484. The fraction of sp³-hybridized carbons (Fsp3) is 0.462. The Balaban J connectivity index is 2.22. The van der Waals surface area contributed by atoms with Gasteiger partial charge in [0.25, 0.3) is 5.91 Å². The molecule has 1 saturated heterocycles. The number of hydrogen-bond acceptors (Lipinski definition) is 3. The van der Waals surface area contributed by atoms with Crippen molar-refractivity contribution in [3.05, 3.63) is 29.6 Å². The molecule has 98 valence electrons. The van der Waals surface area contributed by atoms with E-state index in [0.717, 1.165) is 12.3 Å². The first-order valence-electron chi connectivity index (χ1n) is 5.98. The Hall–Kier alpha value is -1.23.